The molecule has 0 saturated heterocycles. The van der Waals surface area contributed by atoms with E-state index in [0.717, 1.165) is 19.5 Å². The summed E-state index contributed by atoms with van der Waals surface area (Å²) in [6.45, 7) is 7.45. The molecule has 25 heavy (non-hydrogen) atoms. The molecule has 0 spiro atoms. The van der Waals surface area contributed by atoms with Gasteiger partial charge in [0.15, 0.2) is 0 Å². The number of nitrogens with zero attached hydrogens (tertiary/aromatic N) is 3. The fourth-order valence-corrected chi connectivity index (χ4v) is 3.27. The van der Waals surface area contributed by atoms with Crippen LogP contribution in [0.3, 0.4) is 0 Å². The normalized spacial score (nSPS) is 16.7. The van der Waals surface area contributed by atoms with E-state index in [1.807, 2.05) is 23.9 Å². The number of carbonyl (C=O) groups excluding carboxylic acids is 1. The zero-order valence-electron chi connectivity index (χ0n) is 15.0. The predicted octanol–water partition coefficient (Wildman–Crippen LogP) is 2.02. The number of hydrogen-bond donors (Lipinski definition) is 2. The molecule has 2 aromatic rings. The summed E-state index contributed by atoms with van der Waals surface area (Å²) >= 11 is 0. The molecule has 3 rings (SSSR count). The number of benzene rings is 1. The van der Waals surface area contributed by atoms with Crippen LogP contribution >= 0.6 is 0 Å². The Morgan fingerprint density at radius 2 is 2.04 bits per heavy atom. The summed E-state index contributed by atoms with van der Waals surface area (Å²) in [4.78, 5) is 14.5. The molecule has 0 fully saturated rings. The van der Waals surface area contributed by atoms with Crippen molar-refractivity contribution in [3.05, 3.63) is 53.9 Å². The highest BCUT2D eigenvalue weighted by molar-refractivity contribution is 5.74. The predicted molar refractivity (Wildman–Crippen MR) is 98.2 cm³/mol. The molecule has 1 aromatic heterocycles. The van der Waals surface area contributed by atoms with Crippen molar-refractivity contribution >= 4 is 6.03 Å². The smallest absolute Gasteiger partial charge is 0.315 e. The average Bonchev–Trinajstić information content (AvgIpc) is 3.12. The maximum atomic E-state index is 12.1. The van der Waals surface area contributed by atoms with Gasteiger partial charge in [-0.15, -0.1) is 0 Å². The Morgan fingerprint density at radius 3 is 2.80 bits per heavy atom. The summed E-state index contributed by atoms with van der Waals surface area (Å²) in [5.41, 5.74) is 2.85. The minimum absolute atomic E-state index is 0.0251. The van der Waals surface area contributed by atoms with E-state index >= 15 is 0 Å². The van der Waals surface area contributed by atoms with Crippen LogP contribution in [-0.2, 0) is 19.5 Å². The standard InChI is InChI=1S/C19H27N5O/c1-15(13-24-10-5-9-21-24)22-19(25)20-12-16(2)23-11-8-17-6-3-4-7-18(17)14-23/h3-7,9-10,15-16H,8,11-14H2,1-2H3,(H2,20,22,25)/t15-,16+/m1/s1. The van der Waals surface area contributed by atoms with Crippen molar-refractivity contribution in [1.82, 2.24) is 25.3 Å². The summed E-state index contributed by atoms with van der Waals surface area (Å²) < 4.78 is 1.82. The van der Waals surface area contributed by atoms with Crippen LogP contribution in [0.4, 0.5) is 4.79 Å². The second kappa shape index (κ2) is 8.16. The molecule has 1 aliphatic heterocycles. The number of amides is 2. The van der Waals surface area contributed by atoms with E-state index in [1.165, 1.54) is 11.1 Å². The maximum Gasteiger partial charge on any atom is 0.315 e. The first-order valence-electron chi connectivity index (χ1n) is 8.94. The van der Waals surface area contributed by atoms with Gasteiger partial charge in [-0.05, 0) is 37.5 Å². The Balaban J connectivity index is 1.41. The van der Waals surface area contributed by atoms with E-state index in [2.05, 4.69) is 51.8 Å². The summed E-state index contributed by atoms with van der Waals surface area (Å²) in [7, 11) is 0. The fraction of sp³-hybridized carbons (Fsp3) is 0.474. The summed E-state index contributed by atoms with van der Waals surface area (Å²) in [6, 6.07) is 10.7. The molecule has 6 nitrogen and oxygen atoms in total. The van der Waals surface area contributed by atoms with Gasteiger partial charge in [-0.3, -0.25) is 9.58 Å². The van der Waals surface area contributed by atoms with Crippen molar-refractivity contribution in [2.24, 2.45) is 0 Å². The third-order valence-corrected chi connectivity index (χ3v) is 4.74. The quantitative estimate of drug-likeness (QED) is 0.845. The number of urea groups is 1. The molecule has 2 N–H and O–H groups in total. The lowest BCUT2D eigenvalue weighted by molar-refractivity contribution is 0.184. The van der Waals surface area contributed by atoms with Crippen LogP contribution in [0.1, 0.15) is 25.0 Å². The van der Waals surface area contributed by atoms with Gasteiger partial charge in [0.2, 0.25) is 0 Å². The van der Waals surface area contributed by atoms with E-state index in [9.17, 15) is 4.79 Å². The van der Waals surface area contributed by atoms with Crippen molar-refractivity contribution < 1.29 is 4.79 Å². The first-order valence-corrected chi connectivity index (χ1v) is 8.94. The van der Waals surface area contributed by atoms with Crippen LogP contribution in [-0.4, -0.2) is 45.9 Å². The Morgan fingerprint density at radius 1 is 1.24 bits per heavy atom. The van der Waals surface area contributed by atoms with Gasteiger partial charge in [-0.1, -0.05) is 24.3 Å². The Labute approximate surface area is 149 Å². The lowest BCUT2D eigenvalue weighted by Gasteiger charge is -2.33. The van der Waals surface area contributed by atoms with Crippen LogP contribution in [0.15, 0.2) is 42.7 Å². The van der Waals surface area contributed by atoms with E-state index in [-0.39, 0.29) is 12.1 Å². The molecule has 1 aliphatic rings. The number of aromatic nitrogens is 2. The molecule has 2 heterocycles. The average molecular weight is 341 g/mol. The molecule has 0 bridgehead atoms. The third-order valence-electron chi connectivity index (χ3n) is 4.74. The van der Waals surface area contributed by atoms with Gasteiger partial charge in [0.25, 0.3) is 0 Å². The van der Waals surface area contributed by atoms with Crippen LogP contribution in [0, 0.1) is 0 Å². The number of hydrogen-bond acceptors (Lipinski definition) is 3. The topological polar surface area (TPSA) is 62.2 Å². The first-order chi connectivity index (χ1) is 12.1. The van der Waals surface area contributed by atoms with Gasteiger partial charge in [-0.25, -0.2) is 4.79 Å². The van der Waals surface area contributed by atoms with Gasteiger partial charge in [-0.2, -0.15) is 5.10 Å². The Kier molecular flexibility index (Phi) is 5.71. The molecule has 2 amide bonds. The second-order valence-electron chi connectivity index (χ2n) is 6.82. The Hall–Kier alpha value is -2.34. The molecular weight excluding hydrogens is 314 g/mol. The maximum absolute atomic E-state index is 12.1. The fourth-order valence-electron chi connectivity index (χ4n) is 3.27. The zero-order valence-corrected chi connectivity index (χ0v) is 15.0. The zero-order chi connectivity index (χ0) is 17.6. The number of nitrogens with one attached hydrogen (secondary N) is 2. The molecule has 0 unspecified atom stereocenters. The first kappa shape index (κ1) is 17.5. The van der Waals surface area contributed by atoms with Crippen molar-refractivity contribution in [1.29, 1.82) is 0 Å². The van der Waals surface area contributed by atoms with Crippen LogP contribution < -0.4 is 10.6 Å². The Bertz CT molecular complexity index is 685. The van der Waals surface area contributed by atoms with Gasteiger partial charge in [0.1, 0.15) is 0 Å². The molecule has 2 atom stereocenters. The van der Waals surface area contributed by atoms with Crippen molar-refractivity contribution in [2.45, 2.75) is 45.4 Å². The minimum atomic E-state index is -0.121. The number of fused-ring (bicyclic) bond motifs is 1. The van der Waals surface area contributed by atoms with Gasteiger partial charge >= 0.3 is 6.03 Å². The second-order valence-corrected chi connectivity index (χ2v) is 6.82. The number of rotatable bonds is 6. The van der Waals surface area contributed by atoms with Crippen LogP contribution in [0.25, 0.3) is 0 Å². The van der Waals surface area contributed by atoms with Crippen molar-refractivity contribution in [3.8, 4) is 0 Å². The number of carbonyl (C=O) groups is 1. The minimum Gasteiger partial charge on any atom is -0.337 e. The van der Waals surface area contributed by atoms with Crippen molar-refractivity contribution in [2.75, 3.05) is 13.1 Å². The molecule has 0 saturated carbocycles. The lowest BCUT2D eigenvalue weighted by atomic mass is 9.99. The van der Waals surface area contributed by atoms with E-state index < -0.39 is 0 Å². The highest BCUT2D eigenvalue weighted by Gasteiger charge is 2.20. The molecule has 1 aromatic carbocycles. The van der Waals surface area contributed by atoms with Gasteiger partial charge in [0, 0.05) is 44.1 Å². The molecule has 134 valence electrons. The van der Waals surface area contributed by atoms with E-state index in [1.54, 1.807) is 6.20 Å². The summed E-state index contributed by atoms with van der Waals surface area (Å²) in [6.07, 6.45) is 4.71. The van der Waals surface area contributed by atoms with Crippen LogP contribution in [0.5, 0.6) is 0 Å². The van der Waals surface area contributed by atoms with Crippen molar-refractivity contribution in [3.63, 3.8) is 0 Å². The SMILES string of the molecule is C[C@H](Cn1cccn1)NC(=O)NC[C@H](C)N1CCc2ccccc2C1. The van der Waals surface area contributed by atoms with Gasteiger partial charge < -0.3 is 10.6 Å². The monoisotopic (exact) mass is 341 g/mol. The largest absolute Gasteiger partial charge is 0.337 e. The molecule has 0 radical (unpaired) electrons. The summed E-state index contributed by atoms with van der Waals surface area (Å²) in [5.74, 6) is 0. The van der Waals surface area contributed by atoms with E-state index in [0.29, 0.717) is 19.1 Å². The molecule has 0 aliphatic carbocycles. The highest BCUT2D eigenvalue weighted by atomic mass is 16.2. The molecular formula is C19H27N5O. The van der Waals surface area contributed by atoms with Crippen LogP contribution in [0.2, 0.25) is 0 Å². The molecule has 6 heteroatoms. The highest BCUT2D eigenvalue weighted by Crippen LogP contribution is 2.19. The third kappa shape index (κ3) is 4.82. The van der Waals surface area contributed by atoms with E-state index in [4.69, 9.17) is 0 Å². The summed E-state index contributed by atoms with van der Waals surface area (Å²) in [5, 5.41) is 10.1. The van der Waals surface area contributed by atoms with Gasteiger partial charge in [0.05, 0.1) is 6.54 Å². The lowest BCUT2D eigenvalue weighted by Crippen LogP contribution is -2.48.